The number of carbonyl (C=O) groups is 1. The van der Waals surface area contributed by atoms with Crippen LogP contribution in [0.5, 0.6) is 0 Å². The van der Waals surface area contributed by atoms with Crippen molar-refractivity contribution in [1.29, 1.82) is 0 Å². The molecule has 1 aliphatic rings. The Morgan fingerprint density at radius 2 is 2.09 bits per heavy atom. The molecular formula is C17H24N4O. The number of hydrogen-bond acceptors (Lipinski definition) is 2. The van der Waals surface area contributed by atoms with Crippen LogP contribution < -0.4 is 10.2 Å². The van der Waals surface area contributed by atoms with Gasteiger partial charge in [0.05, 0.1) is 0 Å². The Balaban J connectivity index is 1.93. The van der Waals surface area contributed by atoms with Crippen LogP contribution in [-0.2, 0) is 0 Å². The number of anilines is 1. The molecule has 2 N–H and O–H groups in total. The lowest BCUT2D eigenvalue weighted by molar-refractivity contribution is 0.249. The number of piperidine rings is 1. The molecule has 0 aliphatic carbocycles. The van der Waals surface area contributed by atoms with Gasteiger partial charge < -0.3 is 15.2 Å². The maximum atomic E-state index is 11.8. The lowest BCUT2D eigenvalue weighted by atomic mass is 9.89. The molecule has 0 bridgehead atoms. The smallest absolute Gasteiger partial charge is 0.321 e. The predicted molar refractivity (Wildman–Crippen MR) is 90.6 cm³/mol. The molecule has 22 heavy (non-hydrogen) atoms. The quantitative estimate of drug-likeness (QED) is 0.896. The third kappa shape index (κ3) is 2.68. The number of amides is 2. The zero-order chi connectivity index (χ0) is 15.7. The Labute approximate surface area is 131 Å². The molecule has 2 aromatic rings. The first-order valence-corrected chi connectivity index (χ1v) is 7.85. The summed E-state index contributed by atoms with van der Waals surface area (Å²) in [5, 5.41) is 3.90. The SMILES string of the molecule is CNC(=O)N(C)c1ccc2[nH]cc(C3CCN(C)CC3)c2c1. The number of nitrogens with one attached hydrogen (secondary N) is 2. The molecule has 0 atom stereocenters. The Morgan fingerprint density at radius 3 is 2.77 bits per heavy atom. The van der Waals surface area contributed by atoms with E-state index in [1.165, 1.54) is 23.8 Å². The third-order valence-corrected chi connectivity index (χ3v) is 4.76. The van der Waals surface area contributed by atoms with Crippen LogP contribution in [0.4, 0.5) is 10.5 Å². The highest BCUT2D eigenvalue weighted by molar-refractivity contribution is 5.95. The summed E-state index contributed by atoms with van der Waals surface area (Å²) in [5.41, 5.74) is 3.44. The van der Waals surface area contributed by atoms with E-state index in [9.17, 15) is 4.79 Å². The van der Waals surface area contributed by atoms with Gasteiger partial charge in [-0.05, 0) is 62.7 Å². The molecule has 2 heterocycles. The van der Waals surface area contributed by atoms with Gasteiger partial charge in [0.1, 0.15) is 0 Å². The number of benzene rings is 1. The molecule has 5 nitrogen and oxygen atoms in total. The number of aromatic nitrogens is 1. The van der Waals surface area contributed by atoms with Gasteiger partial charge in [0.25, 0.3) is 0 Å². The van der Waals surface area contributed by atoms with Crippen molar-refractivity contribution in [3.05, 3.63) is 30.0 Å². The number of aromatic amines is 1. The van der Waals surface area contributed by atoms with Crippen molar-refractivity contribution in [2.24, 2.45) is 0 Å². The average molecular weight is 300 g/mol. The molecule has 3 rings (SSSR count). The second kappa shape index (κ2) is 6.01. The summed E-state index contributed by atoms with van der Waals surface area (Å²) in [6.45, 7) is 2.30. The number of H-pyrrole nitrogens is 1. The number of rotatable bonds is 2. The number of hydrogen-bond donors (Lipinski definition) is 2. The summed E-state index contributed by atoms with van der Waals surface area (Å²) >= 11 is 0. The summed E-state index contributed by atoms with van der Waals surface area (Å²) in [4.78, 5) is 19.2. The molecule has 5 heteroatoms. The van der Waals surface area contributed by atoms with Crippen LogP contribution in [0, 0.1) is 0 Å². The minimum Gasteiger partial charge on any atom is -0.361 e. The van der Waals surface area contributed by atoms with E-state index in [0.717, 1.165) is 24.3 Å². The lowest BCUT2D eigenvalue weighted by Crippen LogP contribution is -2.34. The van der Waals surface area contributed by atoms with E-state index in [0.29, 0.717) is 5.92 Å². The molecule has 0 radical (unpaired) electrons. The topological polar surface area (TPSA) is 51.4 Å². The highest BCUT2D eigenvalue weighted by Crippen LogP contribution is 2.34. The Kier molecular flexibility index (Phi) is 4.07. The molecule has 0 unspecified atom stereocenters. The summed E-state index contributed by atoms with van der Waals surface area (Å²) < 4.78 is 0. The normalized spacial score (nSPS) is 16.9. The van der Waals surface area contributed by atoms with Gasteiger partial charge in [-0.15, -0.1) is 0 Å². The van der Waals surface area contributed by atoms with Crippen LogP contribution >= 0.6 is 0 Å². The molecule has 0 spiro atoms. The van der Waals surface area contributed by atoms with E-state index in [1.807, 2.05) is 6.07 Å². The van der Waals surface area contributed by atoms with Crippen LogP contribution in [-0.4, -0.2) is 50.1 Å². The summed E-state index contributed by atoms with van der Waals surface area (Å²) in [7, 11) is 5.63. The van der Waals surface area contributed by atoms with Crippen molar-refractivity contribution in [3.8, 4) is 0 Å². The van der Waals surface area contributed by atoms with Crippen LogP contribution in [0.3, 0.4) is 0 Å². The number of urea groups is 1. The average Bonchev–Trinajstić information content (AvgIpc) is 2.97. The molecule has 1 fully saturated rings. The zero-order valence-corrected chi connectivity index (χ0v) is 13.5. The Bertz CT molecular complexity index is 670. The van der Waals surface area contributed by atoms with Gasteiger partial charge in [0.2, 0.25) is 0 Å². The molecular weight excluding hydrogens is 276 g/mol. The van der Waals surface area contributed by atoms with Gasteiger partial charge in [-0.25, -0.2) is 4.79 Å². The summed E-state index contributed by atoms with van der Waals surface area (Å²) in [5.74, 6) is 0.602. The highest BCUT2D eigenvalue weighted by Gasteiger charge is 2.21. The standard InChI is InChI=1S/C17H24N4O/c1-18-17(22)21(3)13-4-5-16-14(10-13)15(11-19-16)12-6-8-20(2)9-7-12/h4-5,10-12,19H,6-9H2,1-3H3,(H,18,22). The Hall–Kier alpha value is -2.01. The second-order valence-electron chi connectivity index (χ2n) is 6.17. The maximum Gasteiger partial charge on any atom is 0.321 e. The molecule has 1 aromatic carbocycles. The molecule has 1 aliphatic heterocycles. The van der Waals surface area contributed by atoms with Crippen molar-refractivity contribution in [2.75, 3.05) is 39.1 Å². The first-order valence-electron chi connectivity index (χ1n) is 7.85. The second-order valence-corrected chi connectivity index (χ2v) is 6.17. The fourth-order valence-electron chi connectivity index (χ4n) is 3.28. The zero-order valence-electron chi connectivity index (χ0n) is 13.5. The number of carbonyl (C=O) groups excluding carboxylic acids is 1. The van der Waals surface area contributed by atoms with E-state index in [1.54, 1.807) is 19.0 Å². The third-order valence-electron chi connectivity index (χ3n) is 4.76. The highest BCUT2D eigenvalue weighted by atomic mass is 16.2. The van der Waals surface area contributed by atoms with E-state index in [2.05, 4.69) is 40.6 Å². The molecule has 0 saturated carbocycles. The van der Waals surface area contributed by atoms with E-state index in [-0.39, 0.29) is 6.03 Å². The van der Waals surface area contributed by atoms with E-state index < -0.39 is 0 Å². The fourth-order valence-corrected chi connectivity index (χ4v) is 3.28. The number of fused-ring (bicyclic) bond motifs is 1. The summed E-state index contributed by atoms with van der Waals surface area (Å²) in [6.07, 6.45) is 4.53. The Morgan fingerprint density at radius 1 is 1.36 bits per heavy atom. The van der Waals surface area contributed by atoms with Crippen molar-refractivity contribution < 1.29 is 4.79 Å². The van der Waals surface area contributed by atoms with Gasteiger partial charge in [0, 0.05) is 36.9 Å². The lowest BCUT2D eigenvalue weighted by Gasteiger charge is -2.28. The first-order chi connectivity index (χ1) is 10.6. The number of likely N-dealkylation sites (tertiary alicyclic amines) is 1. The largest absolute Gasteiger partial charge is 0.361 e. The van der Waals surface area contributed by atoms with Crippen LogP contribution in [0.25, 0.3) is 10.9 Å². The molecule has 2 amide bonds. The van der Waals surface area contributed by atoms with Gasteiger partial charge in [0.15, 0.2) is 0 Å². The van der Waals surface area contributed by atoms with Gasteiger partial charge in [-0.3, -0.25) is 4.90 Å². The minimum absolute atomic E-state index is 0.101. The minimum atomic E-state index is -0.101. The number of nitrogens with zero attached hydrogens (tertiary/aromatic N) is 2. The summed E-state index contributed by atoms with van der Waals surface area (Å²) in [6, 6.07) is 6.06. The van der Waals surface area contributed by atoms with Crippen molar-refractivity contribution in [3.63, 3.8) is 0 Å². The van der Waals surface area contributed by atoms with Crippen LogP contribution in [0.15, 0.2) is 24.4 Å². The van der Waals surface area contributed by atoms with Crippen LogP contribution in [0.2, 0.25) is 0 Å². The monoisotopic (exact) mass is 300 g/mol. The predicted octanol–water partition coefficient (Wildman–Crippen LogP) is 2.75. The van der Waals surface area contributed by atoms with Crippen molar-refractivity contribution >= 4 is 22.6 Å². The van der Waals surface area contributed by atoms with E-state index >= 15 is 0 Å². The fraction of sp³-hybridized carbons (Fsp3) is 0.471. The van der Waals surface area contributed by atoms with E-state index in [4.69, 9.17) is 0 Å². The van der Waals surface area contributed by atoms with Gasteiger partial charge >= 0.3 is 6.03 Å². The van der Waals surface area contributed by atoms with Gasteiger partial charge in [-0.2, -0.15) is 0 Å². The van der Waals surface area contributed by atoms with Crippen molar-refractivity contribution in [1.82, 2.24) is 15.2 Å². The first kappa shape index (κ1) is 14.9. The molecule has 1 saturated heterocycles. The maximum absolute atomic E-state index is 11.8. The molecule has 1 aromatic heterocycles. The molecule has 118 valence electrons. The van der Waals surface area contributed by atoms with Crippen LogP contribution in [0.1, 0.15) is 24.3 Å². The van der Waals surface area contributed by atoms with Gasteiger partial charge in [-0.1, -0.05) is 0 Å². The van der Waals surface area contributed by atoms with Crippen molar-refractivity contribution in [2.45, 2.75) is 18.8 Å².